The van der Waals surface area contributed by atoms with Gasteiger partial charge in [-0.3, -0.25) is 9.59 Å². The molecule has 0 spiro atoms. The number of carbonyl (C=O) groups excluding carboxylic acids is 2. The van der Waals surface area contributed by atoms with Crippen LogP contribution >= 0.6 is 0 Å². The van der Waals surface area contributed by atoms with Gasteiger partial charge in [-0.15, -0.1) is 0 Å². The van der Waals surface area contributed by atoms with E-state index in [0.717, 1.165) is 51.4 Å². The molecular formula is C22H40O2. The number of Topliss-reactive ketones (excluding diaryl/α,β-unsaturated/α-hetero) is 2. The fourth-order valence-electron chi connectivity index (χ4n) is 6.78. The van der Waals surface area contributed by atoms with E-state index < -0.39 is 21.7 Å². The van der Waals surface area contributed by atoms with Gasteiger partial charge in [-0.05, 0) is 51.4 Å². The summed E-state index contributed by atoms with van der Waals surface area (Å²) in [6.07, 6.45) is 6.23. The van der Waals surface area contributed by atoms with E-state index in [1.807, 2.05) is 0 Å². The Kier molecular flexibility index (Phi) is 6.50. The molecule has 0 heterocycles. The molecule has 1 saturated carbocycles. The Morgan fingerprint density at radius 3 is 0.625 bits per heavy atom. The lowest BCUT2D eigenvalue weighted by Crippen LogP contribution is -2.70. The van der Waals surface area contributed by atoms with Gasteiger partial charge in [-0.2, -0.15) is 0 Å². The maximum absolute atomic E-state index is 14.2. The molecule has 0 unspecified atom stereocenters. The van der Waals surface area contributed by atoms with Gasteiger partial charge in [0, 0.05) is 21.7 Å². The molecule has 0 radical (unpaired) electrons. The molecule has 1 rings (SSSR count). The van der Waals surface area contributed by atoms with E-state index in [4.69, 9.17) is 0 Å². The van der Waals surface area contributed by atoms with Crippen molar-refractivity contribution in [1.29, 1.82) is 0 Å². The molecule has 0 amide bonds. The second kappa shape index (κ2) is 7.30. The summed E-state index contributed by atoms with van der Waals surface area (Å²) in [7, 11) is 0. The predicted molar refractivity (Wildman–Crippen MR) is 102 cm³/mol. The summed E-state index contributed by atoms with van der Waals surface area (Å²) in [5.41, 5.74) is -1.97. The molecule has 1 aliphatic rings. The first-order valence-corrected chi connectivity index (χ1v) is 10.4. The van der Waals surface area contributed by atoms with Gasteiger partial charge in [-0.25, -0.2) is 0 Å². The van der Waals surface area contributed by atoms with Crippen LogP contribution in [0.5, 0.6) is 0 Å². The van der Waals surface area contributed by atoms with Crippen LogP contribution in [0.4, 0.5) is 0 Å². The molecule has 2 nitrogen and oxygen atoms in total. The van der Waals surface area contributed by atoms with E-state index in [1.165, 1.54) is 0 Å². The van der Waals surface area contributed by atoms with Crippen molar-refractivity contribution in [3.63, 3.8) is 0 Å². The lowest BCUT2D eigenvalue weighted by atomic mass is 9.36. The average molecular weight is 337 g/mol. The SMILES string of the molecule is CCC1(CC)C(=O)C(CC)(CC)C(CC)(CC)C(=O)C1(CC)CC. The molecule has 0 aliphatic heterocycles. The molecule has 0 N–H and O–H groups in total. The molecule has 140 valence electrons. The summed E-state index contributed by atoms with van der Waals surface area (Å²) >= 11 is 0. The normalized spacial score (nSPS) is 24.2. The fraction of sp³-hybridized carbons (Fsp3) is 0.909. The van der Waals surface area contributed by atoms with Crippen LogP contribution in [0, 0.1) is 21.7 Å². The Labute approximate surface area is 150 Å². The predicted octanol–water partition coefficient (Wildman–Crippen LogP) is 6.36. The Hall–Kier alpha value is -0.660. The van der Waals surface area contributed by atoms with Gasteiger partial charge in [-0.1, -0.05) is 55.4 Å². The molecule has 1 fully saturated rings. The van der Waals surface area contributed by atoms with Crippen LogP contribution in [0.2, 0.25) is 0 Å². The topological polar surface area (TPSA) is 34.1 Å². The van der Waals surface area contributed by atoms with Gasteiger partial charge >= 0.3 is 0 Å². The van der Waals surface area contributed by atoms with Gasteiger partial charge < -0.3 is 0 Å². The molecule has 0 aromatic carbocycles. The highest BCUT2D eigenvalue weighted by molar-refractivity contribution is 6.08. The van der Waals surface area contributed by atoms with Crippen LogP contribution in [0.25, 0.3) is 0 Å². The van der Waals surface area contributed by atoms with Crippen LogP contribution in [-0.2, 0) is 9.59 Å². The van der Waals surface area contributed by atoms with Crippen molar-refractivity contribution in [2.45, 2.75) is 107 Å². The van der Waals surface area contributed by atoms with Crippen molar-refractivity contribution in [2.24, 2.45) is 21.7 Å². The smallest absolute Gasteiger partial charge is 0.147 e. The quantitative estimate of drug-likeness (QED) is 0.516. The van der Waals surface area contributed by atoms with E-state index in [2.05, 4.69) is 55.4 Å². The zero-order chi connectivity index (χ0) is 18.8. The summed E-state index contributed by atoms with van der Waals surface area (Å²) in [4.78, 5) is 28.3. The van der Waals surface area contributed by atoms with Gasteiger partial charge in [0.15, 0.2) is 0 Å². The van der Waals surface area contributed by atoms with Gasteiger partial charge in [0.05, 0.1) is 0 Å². The monoisotopic (exact) mass is 336 g/mol. The first kappa shape index (κ1) is 21.4. The van der Waals surface area contributed by atoms with E-state index in [0.29, 0.717) is 11.6 Å². The molecular weight excluding hydrogens is 296 g/mol. The lowest BCUT2D eigenvalue weighted by molar-refractivity contribution is -0.193. The minimum absolute atomic E-state index is 0.400. The standard InChI is InChI=1S/C22H40O2/c1-9-19(10-2)17(23)21(13-5,14-6)22(15-7,16-8)18(24)20(19,11-3)12-4/h9-16H2,1-8H3. The van der Waals surface area contributed by atoms with E-state index >= 15 is 0 Å². The molecule has 0 atom stereocenters. The number of hydrogen-bond acceptors (Lipinski definition) is 2. The van der Waals surface area contributed by atoms with E-state index in [1.54, 1.807) is 0 Å². The van der Waals surface area contributed by atoms with Gasteiger partial charge in [0.2, 0.25) is 0 Å². The first-order chi connectivity index (χ1) is 11.3. The molecule has 24 heavy (non-hydrogen) atoms. The van der Waals surface area contributed by atoms with Crippen molar-refractivity contribution in [3.8, 4) is 0 Å². The average Bonchev–Trinajstić information content (AvgIpc) is 2.63. The summed E-state index contributed by atoms with van der Waals surface area (Å²) in [6.45, 7) is 17.0. The number of carbonyl (C=O) groups is 2. The van der Waals surface area contributed by atoms with Crippen LogP contribution in [-0.4, -0.2) is 11.6 Å². The molecule has 1 aliphatic carbocycles. The third-order valence-electron chi connectivity index (χ3n) is 8.40. The van der Waals surface area contributed by atoms with Crippen LogP contribution < -0.4 is 0 Å². The van der Waals surface area contributed by atoms with E-state index in [9.17, 15) is 9.59 Å². The van der Waals surface area contributed by atoms with Crippen LogP contribution in [0.3, 0.4) is 0 Å². The molecule has 0 aromatic heterocycles. The Morgan fingerprint density at radius 1 is 0.417 bits per heavy atom. The third kappa shape index (κ3) is 2.07. The highest BCUT2D eigenvalue weighted by Gasteiger charge is 2.72. The van der Waals surface area contributed by atoms with Crippen molar-refractivity contribution >= 4 is 11.6 Å². The van der Waals surface area contributed by atoms with E-state index in [-0.39, 0.29) is 0 Å². The zero-order valence-electron chi connectivity index (χ0n) is 17.5. The first-order valence-electron chi connectivity index (χ1n) is 10.4. The second-order valence-corrected chi connectivity index (χ2v) is 7.82. The number of rotatable bonds is 8. The second-order valence-electron chi connectivity index (χ2n) is 7.82. The number of hydrogen-bond donors (Lipinski definition) is 0. The highest BCUT2D eigenvalue weighted by Crippen LogP contribution is 2.68. The van der Waals surface area contributed by atoms with Crippen LogP contribution in [0.1, 0.15) is 107 Å². The Morgan fingerprint density at radius 2 is 0.542 bits per heavy atom. The molecule has 2 heteroatoms. The van der Waals surface area contributed by atoms with Crippen molar-refractivity contribution in [3.05, 3.63) is 0 Å². The summed E-state index contributed by atoms with van der Waals surface area (Å²) in [5, 5.41) is 0. The number of ketones is 2. The fourth-order valence-corrected chi connectivity index (χ4v) is 6.78. The van der Waals surface area contributed by atoms with Crippen molar-refractivity contribution < 1.29 is 9.59 Å². The lowest BCUT2D eigenvalue weighted by Gasteiger charge is -2.64. The van der Waals surface area contributed by atoms with Gasteiger partial charge in [0.25, 0.3) is 0 Å². The zero-order valence-corrected chi connectivity index (χ0v) is 17.5. The molecule has 0 aromatic rings. The third-order valence-corrected chi connectivity index (χ3v) is 8.40. The maximum Gasteiger partial charge on any atom is 0.147 e. The summed E-state index contributed by atoms with van der Waals surface area (Å²) < 4.78 is 0. The largest absolute Gasteiger partial charge is 0.298 e. The highest BCUT2D eigenvalue weighted by atomic mass is 16.1. The molecule has 0 saturated heterocycles. The van der Waals surface area contributed by atoms with Crippen LogP contribution in [0.15, 0.2) is 0 Å². The minimum atomic E-state index is -0.493. The van der Waals surface area contributed by atoms with Crippen molar-refractivity contribution in [2.75, 3.05) is 0 Å². The van der Waals surface area contributed by atoms with Gasteiger partial charge in [0.1, 0.15) is 11.6 Å². The maximum atomic E-state index is 14.2. The Balaban J connectivity index is 3.96. The summed E-state index contributed by atoms with van der Waals surface area (Å²) in [6, 6.07) is 0. The summed E-state index contributed by atoms with van der Waals surface area (Å²) in [5.74, 6) is 0.800. The minimum Gasteiger partial charge on any atom is -0.298 e. The Bertz CT molecular complexity index is 374. The van der Waals surface area contributed by atoms with Crippen molar-refractivity contribution in [1.82, 2.24) is 0 Å². The molecule has 0 bridgehead atoms.